The Balaban J connectivity index is 1.53. The lowest BCUT2D eigenvalue weighted by Crippen LogP contribution is -2.27. The summed E-state index contributed by atoms with van der Waals surface area (Å²) in [4.78, 5) is 26.2. The summed E-state index contributed by atoms with van der Waals surface area (Å²) in [6.07, 6.45) is 4.77. The Morgan fingerprint density at radius 3 is 2.45 bits per heavy atom. The van der Waals surface area contributed by atoms with Crippen molar-refractivity contribution in [2.45, 2.75) is 26.0 Å². The van der Waals surface area contributed by atoms with Gasteiger partial charge in [-0.1, -0.05) is 30.3 Å². The van der Waals surface area contributed by atoms with Gasteiger partial charge in [-0.15, -0.1) is 0 Å². The topological polar surface area (TPSA) is 58.6 Å². The molecule has 0 atom stereocenters. The van der Waals surface area contributed by atoms with Crippen LogP contribution in [-0.4, -0.2) is 36.4 Å². The zero-order valence-electron chi connectivity index (χ0n) is 15.8. The monoisotopic (exact) mass is 400 g/mol. The average Bonchev–Trinajstić information content (AvgIpc) is 3.26. The van der Waals surface area contributed by atoms with E-state index >= 15 is 0 Å². The van der Waals surface area contributed by atoms with Crippen LogP contribution in [0.1, 0.15) is 34.3 Å². The number of amides is 2. The molecule has 0 bridgehead atoms. The van der Waals surface area contributed by atoms with Crippen molar-refractivity contribution >= 4 is 17.9 Å². The molecule has 1 fully saturated rings. The van der Waals surface area contributed by atoms with Crippen LogP contribution in [0.4, 0.5) is 8.78 Å². The van der Waals surface area contributed by atoms with Crippen molar-refractivity contribution in [3.05, 3.63) is 71.3 Å². The van der Waals surface area contributed by atoms with Gasteiger partial charge in [0.15, 0.2) is 0 Å². The van der Waals surface area contributed by atoms with E-state index in [-0.39, 0.29) is 24.1 Å². The Morgan fingerprint density at radius 2 is 1.76 bits per heavy atom. The van der Waals surface area contributed by atoms with Gasteiger partial charge < -0.3 is 15.0 Å². The van der Waals surface area contributed by atoms with Crippen LogP contribution in [-0.2, 0) is 11.3 Å². The summed E-state index contributed by atoms with van der Waals surface area (Å²) in [6.45, 7) is -1.04. The number of benzene rings is 2. The van der Waals surface area contributed by atoms with E-state index in [2.05, 4.69) is 10.1 Å². The standard InChI is InChI=1S/C22H22F2N2O3/c23-22(24)29-19-6-2-1-5-17(19)11-12-20(27)25-15-16-7-9-18(10-8-16)21(28)26-13-3-4-14-26/h1-2,5-12,22H,3-4,13-15H2,(H,25,27)/b12-11+. The Labute approximate surface area is 168 Å². The summed E-state index contributed by atoms with van der Waals surface area (Å²) in [5.74, 6) is -0.329. The van der Waals surface area contributed by atoms with Gasteiger partial charge in [0.1, 0.15) is 5.75 Å². The molecular formula is C22H22F2N2O3. The van der Waals surface area contributed by atoms with Gasteiger partial charge in [0.2, 0.25) is 5.91 Å². The lowest BCUT2D eigenvalue weighted by molar-refractivity contribution is -0.116. The third kappa shape index (κ3) is 5.88. The molecule has 0 aromatic heterocycles. The maximum atomic E-state index is 12.4. The van der Waals surface area contributed by atoms with Crippen molar-refractivity contribution < 1.29 is 23.1 Å². The second-order valence-corrected chi connectivity index (χ2v) is 6.66. The summed E-state index contributed by atoms with van der Waals surface area (Å²) < 4.78 is 29.3. The van der Waals surface area contributed by atoms with Gasteiger partial charge in [-0.25, -0.2) is 0 Å². The van der Waals surface area contributed by atoms with Gasteiger partial charge in [-0.2, -0.15) is 8.78 Å². The third-order valence-corrected chi connectivity index (χ3v) is 4.61. The average molecular weight is 400 g/mol. The predicted molar refractivity (Wildman–Crippen MR) is 106 cm³/mol. The van der Waals surface area contributed by atoms with Gasteiger partial charge in [0, 0.05) is 36.8 Å². The molecule has 1 saturated heterocycles. The Bertz CT molecular complexity index is 876. The highest BCUT2D eigenvalue weighted by molar-refractivity contribution is 5.94. The normalized spacial score (nSPS) is 13.8. The maximum Gasteiger partial charge on any atom is 0.387 e. The summed E-state index contributed by atoms with van der Waals surface area (Å²) in [6, 6.07) is 13.4. The van der Waals surface area contributed by atoms with E-state index in [1.165, 1.54) is 18.2 Å². The second kappa shape index (κ2) is 9.82. The van der Waals surface area contributed by atoms with Gasteiger partial charge in [-0.05, 0) is 42.7 Å². The van der Waals surface area contributed by atoms with Crippen LogP contribution < -0.4 is 10.1 Å². The first-order chi connectivity index (χ1) is 14.0. The molecule has 7 heteroatoms. The van der Waals surface area contributed by atoms with Crippen LogP contribution in [0.25, 0.3) is 6.08 Å². The number of hydrogen-bond acceptors (Lipinski definition) is 3. The molecule has 0 unspecified atom stereocenters. The lowest BCUT2D eigenvalue weighted by Gasteiger charge is -2.15. The highest BCUT2D eigenvalue weighted by Gasteiger charge is 2.19. The van der Waals surface area contributed by atoms with Crippen molar-refractivity contribution in [3.8, 4) is 5.75 Å². The minimum absolute atomic E-state index is 0.00445. The third-order valence-electron chi connectivity index (χ3n) is 4.61. The van der Waals surface area contributed by atoms with E-state index in [4.69, 9.17) is 0 Å². The van der Waals surface area contributed by atoms with Crippen LogP contribution in [0.2, 0.25) is 0 Å². The Kier molecular flexibility index (Phi) is 6.94. The number of ether oxygens (including phenoxy) is 1. The molecule has 0 aliphatic carbocycles. The number of hydrogen-bond donors (Lipinski definition) is 1. The molecule has 2 amide bonds. The molecule has 29 heavy (non-hydrogen) atoms. The highest BCUT2D eigenvalue weighted by atomic mass is 19.3. The number of alkyl halides is 2. The summed E-state index contributed by atoms with van der Waals surface area (Å²) >= 11 is 0. The van der Waals surface area contributed by atoms with Crippen molar-refractivity contribution in [2.24, 2.45) is 0 Å². The number of carbonyl (C=O) groups excluding carboxylic acids is 2. The van der Waals surface area contributed by atoms with E-state index in [9.17, 15) is 18.4 Å². The van der Waals surface area contributed by atoms with Crippen molar-refractivity contribution in [1.82, 2.24) is 10.2 Å². The first kappa shape index (κ1) is 20.5. The molecule has 0 saturated carbocycles. The maximum absolute atomic E-state index is 12.4. The van der Waals surface area contributed by atoms with Gasteiger partial charge >= 0.3 is 6.61 Å². The van der Waals surface area contributed by atoms with Gasteiger partial charge in [0.25, 0.3) is 5.91 Å². The number of rotatable bonds is 7. The smallest absolute Gasteiger partial charge is 0.387 e. The molecule has 1 N–H and O–H groups in total. The van der Waals surface area contributed by atoms with Gasteiger partial charge in [-0.3, -0.25) is 9.59 Å². The van der Waals surface area contributed by atoms with Crippen LogP contribution in [0.3, 0.4) is 0 Å². The van der Waals surface area contributed by atoms with Crippen molar-refractivity contribution in [2.75, 3.05) is 13.1 Å². The first-order valence-corrected chi connectivity index (χ1v) is 9.41. The minimum Gasteiger partial charge on any atom is -0.434 e. The minimum atomic E-state index is -2.93. The van der Waals surface area contributed by atoms with Gasteiger partial charge in [0.05, 0.1) is 0 Å². The highest BCUT2D eigenvalue weighted by Crippen LogP contribution is 2.21. The van der Waals surface area contributed by atoms with E-state index < -0.39 is 6.61 Å². The largest absolute Gasteiger partial charge is 0.434 e. The zero-order valence-corrected chi connectivity index (χ0v) is 15.8. The molecule has 152 valence electrons. The van der Waals surface area contributed by atoms with Crippen LogP contribution in [0, 0.1) is 0 Å². The molecule has 3 rings (SSSR count). The molecule has 2 aromatic carbocycles. The van der Waals surface area contributed by atoms with E-state index in [0.29, 0.717) is 11.1 Å². The molecule has 1 aliphatic heterocycles. The van der Waals surface area contributed by atoms with Crippen molar-refractivity contribution in [1.29, 1.82) is 0 Å². The fraction of sp³-hybridized carbons (Fsp3) is 0.273. The summed E-state index contributed by atoms with van der Waals surface area (Å²) in [5.41, 5.74) is 1.87. The molecular weight excluding hydrogens is 378 g/mol. The molecule has 0 radical (unpaired) electrons. The second-order valence-electron chi connectivity index (χ2n) is 6.66. The number of carbonyl (C=O) groups is 2. The number of nitrogens with zero attached hydrogens (tertiary/aromatic N) is 1. The number of para-hydroxylation sites is 1. The molecule has 1 aliphatic rings. The fourth-order valence-corrected chi connectivity index (χ4v) is 3.10. The van der Waals surface area contributed by atoms with E-state index in [1.54, 1.807) is 42.5 Å². The number of nitrogens with one attached hydrogen (secondary N) is 1. The van der Waals surface area contributed by atoms with E-state index in [1.807, 2.05) is 4.90 Å². The Hall–Kier alpha value is -3.22. The SMILES string of the molecule is O=C(/C=C/c1ccccc1OC(F)F)NCc1ccc(C(=O)N2CCCC2)cc1. The number of likely N-dealkylation sites (tertiary alicyclic amines) is 1. The molecule has 1 heterocycles. The number of halogens is 2. The molecule has 2 aromatic rings. The van der Waals surface area contributed by atoms with Crippen LogP contribution >= 0.6 is 0 Å². The summed E-state index contributed by atoms with van der Waals surface area (Å²) in [5, 5.41) is 2.72. The van der Waals surface area contributed by atoms with Crippen molar-refractivity contribution in [3.63, 3.8) is 0 Å². The quantitative estimate of drug-likeness (QED) is 0.718. The first-order valence-electron chi connectivity index (χ1n) is 9.41. The van der Waals surface area contributed by atoms with Crippen LogP contribution in [0.5, 0.6) is 5.75 Å². The zero-order chi connectivity index (χ0) is 20.6. The molecule has 5 nitrogen and oxygen atoms in total. The molecule has 0 spiro atoms. The lowest BCUT2D eigenvalue weighted by atomic mass is 10.1. The van der Waals surface area contributed by atoms with Crippen LogP contribution in [0.15, 0.2) is 54.6 Å². The predicted octanol–water partition coefficient (Wildman–Crippen LogP) is 3.85. The summed E-state index contributed by atoms with van der Waals surface area (Å²) in [7, 11) is 0. The Morgan fingerprint density at radius 1 is 1.07 bits per heavy atom. The van der Waals surface area contributed by atoms with E-state index in [0.717, 1.165) is 31.5 Å². The fourth-order valence-electron chi connectivity index (χ4n) is 3.10.